The molecule has 0 saturated heterocycles. The van der Waals surface area contributed by atoms with Crippen LogP contribution in [0.2, 0.25) is 0 Å². The van der Waals surface area contributed by atoms with Crippen LogP contribution in [-0.4, -0.2) is 35.5 Å². The van der Waals surface area contributed by atoms with Crippen LogP contribution < -0.4 is 9.47 Å². The predicted molar refractivity (Wildman–Crippen MR) is 92.3 cm³/mol. The Hall–Kier alpha value is -2.56. The van der Waals surface area contributed by atoms with E-state index in [1.165, 1.54) is 29.8 Å². The van der Waals surface area contributed by atoms with Gasteiger partial charge in [0.2, 0.25) is 5.88 Å². The number of rotatable bonds is 4. The molecule has 0 N–H and O–H groups in total. The van der Waals surface area contributed by atoms with Crippen molar-refractivity contribution in [2.24, 2.45) is 8.80 Å². The van der Waals surface area contributed by atoms with E-state index in [9.17, 15) is 9.59 Å². The summed E-state index contributed by atoms with van der Waals surface area (Å²) < 4.78 is 26.0. The molecule has 2 aromatic heterocycles. The number of fused-ring (bicyclic) bond motifs is 2. The molecule has 10 heteroatoms. The first-order valence-corrected chi connectivity index (χ1v) is 9.58. The molecule has 0 aliphatic carbocycles. The van der Waals surface area contributed by atoms with Crippen molar-refractivity contribution in [3.05, 3.63) is 35.3 Å². The third-order valence-electron chi connectivity index (χ3n) is 3.27. The van der Waals surface area contributed by atoms with E-state index in [1.54, 1.807) is 0 Å². The highest BCUT2D eigenvalue weighted by Crippen LogP contribution is 2.63. The van der Waals surface area contributed by atoms with E-state index >= 15 is 0 Å². The maximum atomic E-state index is 11.6. The fraction of sp³-hybridized carbons (Fsp3) is 0.133. The lowest BCUT2D eigenvalue weighted by atomic mass is 10.1. The van der Waals surface area contributed by atoms with E-state index in [1.807, 2.05) is 24.4 Å². The summed E-state index contributed by atoms with van der Waals surface area (Å²) in [5, 5.41) is 1.92. The molecule has 128 valence electrons. The van der Waals surface area contributed by atoms with Crippen molar-refractivity contribution in [2.75, 3.05) is 6.61 Å². The first-order valence-electron chi connectivity index (χ1n) is 7.23. The van der Waals surface area contributed by atoms with Gasteiger partial charge in [-0.15, -0.1) is 11.3 Å². The average Bonchev–Trinajstić information content (AvgIpc) is 3.24. The molecule has 2 aromatic rings. The van der Waals surface area contributed by atoms with Crippen LogP contribution in [0.3, 0.4) is 0 Å². The van der Waals surface area contributed by atoms with Crippen LogP contribution in [0.1, 0.15) is 12.5 Å². The summed E-state index contributed by atoms with van der Waals surface area (Å²) in [6.45, 7) is 2.29. The highest BCUT2D eigenvalue weighted by Gasteiger charge is 2.36. The Bertz CT molecular complexity index is 891. The van der Waals surface area contributed by atoms with Crippen LogP contribution in [-0.2, 0) is 13.8 Å². The standard InChI is InChI=1S/C15H11N3O5S2/c1-2-21-25(11-4-3-7-24-11)17-8-9(18-25)12-10-5-6-16-13(12)23-15(20)14(19)22-10/h3-8H,2H2,1H3. The maximum absolute atomic E-state index is 11.6. The molecule has 0 aromatic carbocycles. The Labute approximate surface area is 148 Å². The SMILES string of the molecule is CCOS1(c2cccs2)N=CC(c2c3ccnc2OC(=O)C(=O)O3)=N1. The molecule has 2 bridgehead atoms. The van der Waals surface area contributed by atoms with Crippen molar-refractivity contribution in [3.63, 3.8) is 0 Å². The van der Waals surface area contributed by atoms with Crippen molar-refractivity contribution < 1.29 is 23.2 Å². The number of carbonyl (C=O) groups excluding carboxylic acids is 2. The first kappa shape index (κ1) is 15.9. The molecule has 4 rings (SSSR count). The number of ether oxygens (including phenoxy) is 2. The van der Waals surface area contributed by atoms with Crippen LogP contribution in [0.4, 0.5) is 0 Å². The van der Waals surface area contributed by atoms with E-state index in [-0.39, 0.29) is 11.6 Å². The molecule has 2 aliphatic heterocycles. The number of aromatic nitrogens is 1. The zero-order valence-corrected chi connectivity index (χ0v) is 14.5. The van der Waals surface area contributed by atoms with Gasteiger partial charge in [-0.25, -0.2) is 14.6 Å². The van der Waals surface area contributed by atoms with Gasteiger partial charge < -0.3 is 9.47 Å². The topological polar surface area (TPSA) is 99.4 Å². The van der Waals surface area contributed by atoms with E-state index in [0.29, 0.717) is 17.9 Å². The number of esters is 2. The molecule has 25 heavy (non-hydrogen) atoms. The lowest BCUT2D eigenvalue weighted by Gasteiger charge is -2.25. The highest BCUT2D eigenvalue weighted by molar-refractivity contribution is 8.29. The van der Waals surface area contributed by atoms with Crippen LogP contribution >= 0.6 is 22.0 Å². The van der Waals surface area contributed by atoms with E-state index in [2.05, 4.69) is 13.8 Å². The maximum Gasteiger partial charge on any atom is 0.424 e. The Balaban J connectivity index is 1.84. The van der Waals surface area contributed by atoms with Gasteiger partial charge in [-0.2, -0.15) is 8.80 Å². The molecule has 8 nitrogen and oxygen atoms in total. The Morgan fingerprint density at radius 2 is 2.08 bits per heavy atom. The van der Waals surface area contributed by atoms with Crippen LogP contribution in [0, 0.1) is 0 Å². The molecule has 0 fully saturated rings. The first-order chi connectivity index (χ1) is 12.1. The Morgan fingerprint density at radius 3 is 2.84 bits per heavy atom. The molecule has 0 radical (unpaired) electrons. The second kappa shape index (κ2) is 6.06. The minimum absolute atomic E-state index is 0.0450. The number of nitrogens with zero attached hydrogens (tertiary/aromatic N) is 3. The summed E-state index contributed by atoms with van der Waals surface area (Å²) in [4.78, 5) is 27.2. The van der Waals surface area contributed by atoms with Gasteiger partial charge in [0.1, 0.15) is 31.9 Å². The van der Waals surface area contributed by atoms with Gasteiger partial charge in [0.25, 0.3) is 0 Å². The molecular weight excluding hydrogens is 366 g/mol. The number of hydrogen-bond donors (Lipinski definition) is 0. The van der Waals surface area contributed by atoms with Crippen molar-refractivity contribution in [2.45, 2.75) is 11.1 Å². The normalized spacial score (nSPS) is 24.1. The molecule has 0 saturated carbocycles. The fourth-order valence-electron chi connectivity index (χ4n) is 2.30. The van der Waals surface area contributed by atoms with E-state index < -0.39 is 22.6 Å². The van der Waals surface area contributed by atoms with Crippen LogP contribution in [0.5, 0.6) is 11.6 Å². The molecule has 4 heterocycles. The number of pyridine rings is 1. The van der Waals surface area contributed by atoms with Gasteiger partial charge in [-0.05, 0) is 18.4 Å². The predicted octanol–water partition coefficient (Wildman–Crippen LogP) is 2.49. The van der Waals surface area contributed by atoms with Crippen molar-refractivity contribution in [1.82, 2.24) is 4.98 Å². The Morgan fingerprint density at radius 1 is 1.24 bits per heavy atom. The molecule has 1 atom stereocenters. The second-order valence-electron chi connectivity index (χ2n) is 4.81. The zero-order valence-electron chi connectivity index (χ0n) is 12.9. The van der Waals surface area contributed by atoms with Crippen molar-refractivity contribution in [1.29, 1.82) is 0 Å². The minimum Gasteiger partial charge on any atom is -0.417 e. The zero-order chi connectivity index (χ0) is 17.4. The third kappa shape index (κ3) is 2.64. The van der Waals surface area contributed by atoms with Gasteiger partial charge in [0.05, 0.1) is 12.8 Å². The van der Waals surface area contributed by atoms with Crippen LogP contribution in [0.15, 0.2) is 42.8 Å². The highest BCUT2D eigenvalue weighted by atomic mass is 32.3. The van der Waals surface area contributed by atoms with E-state index in [4.69, 9.17) is 13.7 Å². The molecular formula is C15H11N3O5S2. The summed E-state index contributed by atoms with van der Waals surface area (Å²) in [7, 11) is -2.23. The summed E-state index contributed by atoms with van der Waals surface area (Å²) in [5.74, 6) is -2.14. The summed E-state index contributed by atoms with van der Waals surface area (Å²) >= 11 is 1.49. The lowest BCUT2D eigenvalue weighted by Crippen LogP contribution is -2.23. The smallest absolute Gasteiger partial charge is 0.417 e. The van der Waals surface area contributed by atoms with Crippen LogP contribution in [0.25, 0.3) is 0 Å². The van der Waals surface area contributed by atoms with Gasteiger partial charge >= 0.3 is 11.9 Å². The molecule has 0 amide bonds. The summed E-state index contributed by atoms with van der Waals surface area (Å²) in [6.07, 6.45) is 2.91. The Kier molecular flexibility index (Phi) is 3.86. The lowest BCUT2D eigenvalue weighted by molar-refractivity contribution is -0.155. The minimum atomic E-state index is -2.23. The molecule has 1 unspecified atom stereocenters. The number of thiophene rings is 1. The summed E-state index contributed by atoms with van der Waals surface area (Å²) in [6, 6.07) is 5.27. The number of carbonyl (C=O) groups is 2. The monoisotopic (exact) mass is 377 g/mol. The fourth-order valence-corrected chi connectivity index (χ4v) is 5.50. The largest absolute Gasteiger partial charge is 0.424 e. The average molecular weight is 377 g/mol. The van der Waals surface area contributed by atoms with Crippen molar-refractivity contribution >= 4 is 45.9 Å². The third-order valence-corrected chi connectivity index (χ3v) is 6.93. The van der Waals surface area contributed by atoms with Gasteiger partial charge in [-0.3, -0.25) is 4.18 Å². The van der Waals surface area contributed by atoms with Gasteiger partial charge in [0.15, 0.2) is 0 Å². The molecule has 2 aliphatic rings. The van der Waals surface area contributed by atoms with Gasteiger partial charge in [-0.1, -0.05) is 6.07 Å². The molecule has 0 spiro atoms. The second-order valence-corrected chi connectivity index (χ2v) is 8.08. The van der Waals surface area contributed by atoms with Crippen molar-refractivity contribution in [3.8, 4) is 11.6 Å². The summed E-state index contributed by atoms with van der Waals surface area (Å²) in [5.41, 5.74) is 0.688. The number of hydrogen-bond acceptors (Lipinski definition) is 9. The quantitative estimate of drug-likeness (QED) is 0.599. The van der Waals surface area contributed by atoms with Gasteiger partial charge in [0, 0.05) is 12.3 Å². The van der Waals surface area contributed by atoms with E-state index in [0.717, 1.165) is 4.21 Å².